The summed E-state index contributed by atoms with van der Waals surface area (Å²) in [4.78, 5) is 23.2. The maximum Gasteiger partial charge on any atom is 0.163 e. The first kappa shape index (κ1) is 29.5. The third kappa shape index (κ3) is 12.6. The van der Waals surface area contributed by atoms with Crippen LogP contribution in [0.15, 0.2) is 78.9 Å². The predicted molar refractivity (Wildman–Crippen MR) is 149 cm³/mol. The molecule has 3 rings (SSSR count). The largest absolute Gasteiger partial charge is 0.294 e. The van der Waals surface area contributed by atoms with E-state index in [1.165, 1.54) is 16.7 Å². The predicted octanol–water partition coefficient (Wildman–Crippen LogP) is 9.03. The molecule has 0 saturated heterocycles. The summed E-state index contributed by atoms with van der Waals surface area (Å²) in [6.07, 6.45) is 1.27. The number of halogens is 1. The topological polar surface area (TPSA) is 34.1 Å². The van der Waals surface area contributed by atoms with Crippen molar-refractivity contribution < 1.29 is 9.59 Å². The van der Waals surface area contributed by atoms with Crippen LogP contribution in [-0.4, -0.2) is 11.6 Å². The van der Waals surface area contributed by atoms with Gasteiger partial charge in [-0.05, 0) is 31.2 Å². The Morgan fingerprint density at radius 3 is 1.32 bits per heavy atom. The molecule has 0 saturated carbocycles. The molecule has 34 heavy (non-hydrogen) atoms. The second kappa shape index (κ2) is 16.2. The van der Waals surface area contributed by atoms with Crippen LogP contribution in [0.5, 0.6) is 0 Å². The van der Waals surface area contributed by atoms with Gasteiger partial charge in [0.2, 0.25) is 0 Å². The highest BCUT2D eigenvalue weighted by Gasteiger charge is 2.08. The van der Waals surface area contributed by atoms with Crippen molar-refractivity contribution >= 4 is 27.5 Å². The average molecular weight is 524 g/mol. The number of alkyl halides is 1. The van der Waals surface area contributed by atoms with E-state index < -0.39 is 0 Å². The van der Waals surface area contributed by atoms with Crippen LogP contribution < -0.4 is 0 Å². The van der Waals surface area contributed by atoms with Gasteiger partial charge in [-0.2, -0.15) is 0 Å². The molecule has 0 radical (unpaired) electrons. The molecule has 0 bridgehead atoms. The average Bonchev–Trinajstić information content (AvgIpc) is 2.80. The van der Waals surface area contributed by atoms with Crippen molar-refractivity contribution in [2.24, 2.45) is 11.8 Å². The Morgan fingerprint density at radius 2 is 1.00 bits per heavy atom. The van der Waals surface area contributed by atoms with Gasteiger partial charge in [0.25, 0.3) is 0 Å². The van der Waals surface area contributed by atoms with Crippen LogP contribution >= 0.6 is 15.9 Å². The summed E-state index contributed by atoms with van der Waals surface area (Å²) in [5, 5.41) is 0.839. The van der Waals surface area contributed by atoms with Crippen molar-refractivity contribution in [1.82, 2.24) is 0 Å². The highest BCUT2D eigenvalue weighted by molar-refractivity contribution is 9.08. The summed E-state index contributed by atoms with van der Waals surface area (Å²) in [5.74, 6) is 1.35. The minimum atomic E-state index is 0.237. The number of hydrogen-bond donors (Lipinski definition) is 0. The molecule has 0 spiro atoms. The van der Waals surface area contributed by atoms with E-state index in [1.807, 2.05) is 73.7 Å². The second-order valence-corrected chi connectivity index (χ2v) is 9.95. The molecule has 0 aliphatic carbocycles. The molecule has 3 aromatic carbocycles. The first-order valence-corrected chi connectivity index (χ1v) is 13.0. The van der Waals surface area contributed by atoms with Crippen LogP contribution in [0.4, 0.5) is 0 Å². The monoisotopic (exact) mass is 522 g/mol. The van der Waals surface area contributed by atoms with Gasteiger partial charge in [-0.25, -0.2) is 0 Å². The van der Waals surface area contributed by atoms with Crippen molar-refractivity contribution in [1.29, 1.82) is 0 Å². The van der Waals surface area contributed by atoms with Gasteiger partial charge in [0.05, 0.1) is 0 Å². The maximum atomic E-state index is 11.6. The third-order valence-electron chi connectivity index (χ3n) is 4.93. The lowest BCUT2D eigenvalue weighted by molar-refractivity contribution is 0.0959. The fraction of sp³-hybridized carbons (Fsp3) is 0.355. The molecule has 3 aromatic rings. The van der Waals surface area contributed by atoms with Gasteiger partial charge in [0.1, 0.15) is 0 Å². The molecule has 3 heteroatoms. The van der Waals surface area contributed by atoms with Gasteiger partial charge in [-0.3, -0.25) is 9.59 Å². The number of aryl methyl sites for hydroxylation is 2. The number of carbonyl (C=O) groups excluding carboxylic acids is 2. The van der Waals surface area contributed by atoms with E-state index in [4.69, 9.17) is 0 Å². The standard InChI is InChI=1S/C12H15BrO.C12H16O.C7H8/c1-9(2)7-12(14)11-5-3-10(8-13)4-6-11;1-9(2)8-12(13)11-6-4-10(3)5-7-11;1-7-5-3-2-4-6-7/h3-6,9H,7-8H2,1-2H3;4-7,9H,8H2,1-3H3;2-6H,1H3. The molecule has 0 amide bonds. The van der Waals surface area contributed by atoms with Crippen molar-refractivity contribution in [3.05, 3.63) is 107 Å². The number of benzene rings is 3. The molecular weight excluding hydrogens is 484 g/mol. The molecule has 0 aromatic heterocycles. The van der Waals surface area contributed by atoms with E-state index in [2.05, 4.69) is 62.7 Å². The Hall–Kier alpha value is -2.52. The van der Waals surface area contributed by atoms with Gasteiger partial charge in [-0.1, -0.05) is 134 Å². The Morgan fingerprint density at radius 1 is 0.618 bits per heavy atom. The number of Topliss-reactive ketones (excluding diaryl/α,β-unsaturated/α-hetero) is 2. The molecule has 0 atom stereocenters. The zero-order chi connectivity index (χ0) is 25.5. The SMILES string of the molecule is CC(C)CC(=O)c1ccc(CBr)cc1.Cc1ccc(C(=O)CC(C)C)cc1.Cc1ccccc1. The smallest absolute Gasteiger partial charge is 0.163 e. The molecule has 182 valence electrons. The first-order valence-electron chi connectivity index (χ1n) is 11.9. The minimum absolute atomic E-state index is 0.237. The zero-order valence-corrected chi connectivity index (χ0v) is 23.1. The zero-order valence-electron chi connectivity index (χ0n) is 21.5. The number of hydrogen-bond acceptors (Lipinski definition) is 2. The summed E-state index contributed by atoms with van der Waals surface area (Å²) in [7, 11) is 0. The van der Waals surface area contributed by atoms with Crippen LogP contribution in [0.25, 0.3) is 0 Å². The van der Waals surface area contributed by atoms with E-state index in [-0.39, 0.29) is 11.6 Å². The fourth-order valence-corrected chi connectivity index (χ4v) is 3.40. The minimum Gasteiger partial charge on any atom is -0.294 e. The van der Waals surface area contributed by atoms with Gasteiger partial charge in [0, 0.05) is 29.3 Å². The molecule has 0 unspecified atom stereocenters. The summed E-state index contributed by atoms with van der Waals surface area (Å²) < 4.78 is 0. The van der Waals surface area contributed by atoms with Gasteiger partial charge >= 0.3 is 0 Å². The summed E-state index contributed by atoms with van der Waals surface area (Å²) in [5.41, 5.74) is 5.37. The summed E-state index contributed by atoms with van der Waals surface area (Å²) in [6.45, 7) is 12.4. The normalized spacial score (nSPS) is 10.1. The van der Waals surface area contributed by atoms with Gasteiger partial charge in [-0.15, -0.1) is 0 Å². The highest BCUT2D eigenvalue weighted by atomic mass is 79.9. The van der Waals surface area contributed by atoms with E-state index >= 15 is 0 Å². The quantitative estimate of drug-likeness (QED) is 0.229. The maximum absolute atomic E-state index is 11.6. The lowest BCUT2D eigenvalue weighted by Crippen LogP contribution is -2.03. The number of rotatable bonds is 7. The number of ketones is 2. The Bertz CT molecular complexity index is 972. The van der Waals surface area contributed by atoms with Crippen LogP contribution in [0.3, 0.4) is 0 Å². The number of carbonyl (C=O) groups is 2. The fourth-order valence-electron chi connectivity index (χ4n) is 3.03. The van der Waals surface area contributed by atoms with Crippen LogP contribution in [0.2, 0.25) is 0 Å². The van der Waals surface area contributed by atoms with Crippen molar-refractivity contribution in [3.63, 3.8) is 0 Å². The highest BCUT2D eigenvalue weighted by Crippen LogP contribution is 2.12. The van der Waals surface area contributed by atoms with E-state index in [0.717, 1.165) is 16.5 Å². The Balaban J connectivity index is 0.000000268. The molecular formula is C31H39BrO2. The molecule has 2 nitrogen and oxygen atoms in total. The van der Waals surface area contributed by atoms with Gasteiger partial charge < -0.3 is 0 Å². The molecule has 0 N–H and O–H groups in total. The molecule has 0 aliphatic heterocycles. The van der Waals surface area contributed by atoms with Crippen molar-refractivity contribution in [2.75, 3.05) is 0 Å². The van der Waals surface area contributed by atoms with Crippen molar-refractivity contribution in [3.8, 4) is 0 Å². The Labute approximate surface area is 214 Å². The van der Waals surface area contributed by atoms with Crippen LogP contribution in [-0.2, 0) is 5.33 Å². The molecule has 0 aliphatic rings. The summed E-state index contributed by atoms with van der Waals surface area (Å²) in [6, 6.07) is 25.8. The van der Waals surface area contributed by atoms with E-state index in [1.54, 1.807) is 0 Å². The van der Waals surface area contributed by atoms with Crippen LogP contribution in [0, 0.1) is 25.7 Å². The first-order chi connectivity index (χ1) is 16.1. The molecule has 0 heterocycles. The van der Waals surface area contributed by atoms with Crippen LogP contribution in [0.1, 0.15) is 77.9 Å². The third-order valence-corrected chi connectivity index (χ3v) is 5.58. The van der Waals surface area contributed by atoms with Crippen molar-refractivity contribution in [2.45, 2.75) is 59.7 Å². The second-order valence-electron chi connectivity index (χ2n) is 9.39. The molecule has 0 fully saturated rings. The van der Waals surface area contributed by atoms with Gasteiger partial charge in [0.15, 0.2) is 11.6 Å². The lowest BCUT2D eigenvalue weighted by atomic mass is 10.0. The van der Waals surface area contributed by atoms with E-state index in [0.29, 0.717) is 24.7 Å². The Kier molecular flexibility index (Phi) is 14.0. The van der Waals surface area contributed by atoms with E-state index in [9.17, 15) is 9.59 Å². The lowest BCUT2D eigenvalue weighted by Gasteiger charge is -2.04. The summed E-state index contributed by atoms with van der Waals surface area (Å²) >= 11 is 3.37.